The molecule has 0 aliphatic heterocycles. The molecule has 2 heterocycles. The average Bonchev–Trinajstić information content (AvgIpc) is 2.91. The Morgan fingerprint density at radius 2 is 1.70 bits per heavy atom. The molecule has 1 N–H and O–H groups in total. The van der Waals surface area contributed by atoms with Crippen LogP contribution in [0.1, 0.15) is 29.1 Å². The molecule has 0 unspecified atom stereocenters. The van der Waals surface area contributed by atoms with E-state index < -0.39 is 5.97 Å². The molecule has 0 radical (unpaired) electrons. The van der Waals surface area contributed by atoms with Crippen molar-refractivity contribution in [1.29, 1.82) is 0 Å². The monoisotopic (exact) mass is 494 g/mol. The van der Waals surface area contributed by atoms with Crippen LogP contribution in [0.2, 0.25) is 0 Å². The maximum absolute atomic E-state index is 13.3. The van der Waals surface area contributed by atoms with Crippen LogP contribution in [0.4, 0.5) is 0 Å². The fourth-order valence-electron chi connectivity index (χ4n) is 4.38. The number of para-hydroxylation sites is 3. The van der Waals surface area contributed by atoms with Gasteiger partial charge in [-0.15, -0.1) is 0 Å². The van der Waals surface area contributed by atoms with E-state index in [1.54, 1.807) is 16.7 Å². The van der Waals surface area contributed by atoms with Gasteiger partial charge in [-0.2, -0.15) is 0 Å². The van der Waals surface area contributed by atoms with Gasteiger partial charge in [0.15, 0.2) is 0 Å². The van der Waals surface area contributed by atoms with Crippen molar-refractivity contribution in [1.82, 2.24) is 19.5 Å². The molecule has 0 fully saturated rings. The fraction of sp³-hybridized carbons (Fsp3) is 0.207. The molecule has 0 aliphatic carbocycles. The predicted molar refractivity (Wildman–Crippen MR) is 141 cm³/mol. The Hall–Kier alpha value is -4.59. The number of benzene rings is 3. The molecule has 0 atom stereocenters. The molecular weight excluding hydrogens is 468 g/mol. The molecular formula is C29H26N4O4. The van der Waals surface area contributed by atoms with Crippen LogP contribution in [0.25, 0.3) is 21.9 Å². The zero-order valence-electron chi connectivity index (χ0n) is 20.4. The summed E-state index contributed by atoms with van der Waals surface area (Å²) in [6.07, 6.45) is 0.831. The highest BCUT2D eigenvalue weighted by molar-refractivity contribution is 5.80. The minimum absolute atomic E-state index is 0.0178. The number of aromatic amines is 1. The summed E-state index contributed by atoms with van der Waals surface area (Å²) in [7, 11) is 0. The molecule has 37 heavy (non-hydrogen) atoms. The normalized spacial score (nSPS) is 11.2. The maximum atomic E-state index is 13.3. The van der Waals surface area contributed by atoms with Crippen LogP contribution in [-0.4, -0.2) is 25.5 Å². The molecule has 0 aliphatic rings. The van der Waals surface area contributed by atoms with Crippen LogP contribution >= 0.6 is 0 Å². The Labute approximate surface area is 212 Å². The van der Waals surface area contributed by atoms with Crippen molar-refractivity contribution in [2.75, 3.05) is 0 Å². The van der Waals surface area contributed by atoms with Gasteiger partial charge in [0.05, 0.1) is 28.4 Å². The third kappa shape index (κ3) is 5.33. The largest absolute Gasteiger partial charge is 0.458 e. The molecule has 5 rings (SSSR count). The smallest absolute Gasteiger partial charge is 0.306 e. The number of nitrogens with zero attached hydrogens (tertiary/aromatic N) is 3. The molecule has 0 saturated heterocycles. The Morgan fingerprint density at radius 1 is 0.919 bits per heavy atom. The Morgan fingerprint density at radius 3 is 2.54 bits per heavy atom. The van der Waals surface area contributed by atoms with Crippen molar-refractivity contribution in [3.63, 3.8) is 0 Å². The fourth-order valence-corrected chi connectivity index (χ4v) is 4.38. The molecule has 0 bridgehead atoms. The number of aryl methyl sites for hydroxylation is 4. The second-order valence-corrected chi connectivity index (χ2v) is 8.88. The number of aromatic nitrogens is 4. The van der Waals surface area contributed by atoms with Crippen LogP contribution in [0.15, 0.2) is 82.4 Å². The van der Waals surface area contributed by atoms with E-state index in [0.29, 0.717) is 35.1 Å². The van der Waals surface area contributed by atoms with E-state index in [2.05, 4.69) is 15.0 Å². The zero-order valence-corrected chi connectivity index (χ0v) is 20.4. The summed E-state index contributed by atoms with van der Waals surface area (Å²) in [5.74, 6) is -0.232. The number of H-pyrrole nitrogens is 1. The third-order valence-electron chi connectivity index (χ3n) is 6.31. The number of carbonyl (C=O) groups is 1. The number of hydrogen-bond donors (Lipinski definition) is 1. The molecule has 0 spiro atoms. The number of carbonyl (C=O) groups excluding carboxylic acids is 1. The number of hydrogen-bond acceptors (Lipinski definition) is 6. The number of esters is 1. The summed E-state index contributed by atoms with van der Waals surface area (Å²) in [4.78, 5) is 49.8. The van der Waals surface area contributed by atoms with E-state index in [9.17, 15) is 14.4 Å². The molecule has 3 aromatic carbocycles. The van der Waals surface area contributed by atoms with Crippen molar-refractivity contribution in [3.05, 3.63) is 116 Å². The van der Waals surface area contributed by atoms with Gasteiger partial charge in [0.2, 0.25) is 0 Å². The van der Waals surface area contributed by atoms with E-state index in [0.717, 1.165) is 16.6 Å². The summed E-state index contributed by atoms with van der Waals surface area (Å²) >= 11 is 0. The first-order valence-electron chi connectivity index (χ1n) is 12.2. The highest BCUT2D eigenvalue weighted by Crippen LogP contribution is 2.14. The molecule has 186 valence electrons. The highest BCUT2D eigenvalue weighted by Gasteiger charge is 2.14. The van der Waals surface area contributed by atoms with Crippen LogP contribution in [0, 0.1) is 6.92 Å². The van der Waals surface area contributed by atoms with Gasteiger partial charge in [0, 0.05) is 13.0 Å². The van der Waals surface area contributed by atoms with Crippen molar-refractivity contribution in [3.8, 4) is 0 Å². The summed E-state index contributed by atoms with van der Waals surface area (Å²) in [5, 5.41) is 0.487. The van der Waals surface area contributed by atoms with E-state index in [1.165, 1.54) is 0 Å². The highest BCUT2D eigenvalue weighted by atomic mass is 16.5. The van der Waals surface area contributed by atoms with Gasteiger partial charge in [-0.1, -0.05) is 54.6 Å². The summed E-state index contributed by atoms with van der Waals surface area (Å²) < 4.78 is 7.07. The minimum Gasteiger partial charge on any atom is -0.458 e. The standard InChI is InChI=1S/C29H26N4O4/c1-19-8-7-11-21-27(19)31-25(32-28(21)35)18-37-26(34)15-14-23-29(36)33(17-16-20-9-3-2-4-10-20)24-13-6-5-12-22(24)30-23/h2-13H,14-18H2,1H3,(H,31,32,35). The second kappa shape index (κ2) is 10.6. The topological polar surface area (TPSA) is 107 Å². The lowest BCUT2D eigenvalue weighted by molar-refractivity contribution is -0.145. The van der Waals surface area contributed by atoms with E-state index >= 15 is 0 Å². The lowest BCUT2D eigenvalue weighted by Crippen LogP contribution is -2.27. The Balaban J connectivity index is 1.29. The van der Waals surface area contributed by atoms with Crippen molar-refractivity contribution in [2.45, 2.75) is 39.3 Å². The van der Waals surface area contributed by atoms with E-state index in [4.69, 9.17) is 4.74 Å². The Bertz CT molecular complexity index is 1710. The van der Waals surface area contributed by atoms with E-state index in [-0.39, 0.29) is 36.4 Å². The van der Waals surface area contributed by atoms with E-state index in [1.807, 2.05) is 67.6 Å². The third-order valence-corrected chi connectivity index (χ3v) is 6.31. The maximum Gasteiger partial charge on any atom is 0.306 e. The van der Waals surface area contributed by atoms with Gasteiger partial charge in [-0.05, 0) is 42.7 Å². The lowest BCUT2D eigenvalue weighted by atomic mass is 10.1. The minimum atomic E-state index is -0.502. The quantitative estimate of drug-likeness (QED) is 0.328. The molecule has 0 amide bonds. The molecule has 2 aromatic heterocycles. The SMILES string of the molecule is Cc1cccc2c(=O)[nH]c(COC(=O)CCc3nc4ccccc4n(CCc4ccccc4)c3=O)nc12. The lowest BCUT2D eigenvalue weighted by Gasteiger charge is -2.12. The van der Waals surface area contributed by atoms with Gasteiger partial charge >= 0.3 is 5.97 Å². The first-order chi connectivity index (χ1) is 18.0. The average molecular weight is 495 g/mol. The van der Waals surface area contributed by atoms with Gasteiger partial charge < -0.3 is 14.3 Å². The molecule has 0 saturated carbocycles. The summed E-state index contributed by atoms with van der Waals surface area (Å²) in [6, 6.07) is 22.8. The van der Waals surface area contributed by atoms with Crippen LogP contribution in [0.3, 0.4) is 0 Å². The summed E-state index contributed by atoms with van der Waals surface area (Å²) in [6.45, 7) is 2.21. The molecule has 5 aromatic rings. The van der Waals surface area contributed by atoms with Crippen molar-refractivity contribution < 1.29 is 9.53 Å². The van der Waals surface area contributed by atoms with Gasteiger partial charge in [-0.25, -0.2) is 9.97 Å². The number of rotatable bonds is 8. The van der Waals surface area contributed by atoms with Gasteiger partial charge in [-0.3, -0.25) is 14.4 Å². The predicted octanol–water partition coefficient (Wildman–Crippen LogP) is 3.86. The van der Waals surface area contributed by atoms with Crippen LogP contribution in [-0.2, 0) is 35.5 Å². The number of ether oxygens (including phenoxy) is 1. The van der Waals surface area contributed by atoms with Crippen LogP contribution < -0.4 is 11.1 Å². The number of fused-ring (bicyclic) bond motifs is 2. The zero-order chi connectivity index (χ0) is 25.8. The van der Waals surface area contributed by atoms with Gasteiger partial charge in [0.25, 0.3) is 11.1 Å². The Kier molecular flexibility index (Phi) is 6.89. The number of nitrogens with one attached hydrogen (secondary N) is 1. The van der Waals surface area contributed by atoms with Crippen molar-refractivity contribution >= 4 is 27.9 Å². The first kappa shape index (κ1) is 24.1. The molecule has 8 heteroatoms. The molecule has 8 nitrogen and oxygen atoms in total. The summed E-state index contributed by atoms with van der Waals surface area (Å²) in [5.41, 5.74) is 3.86. The van der Waals surface area contributed by atoms with Crippen LogP contribution in [0.5, 0.6) is 0 Å². The second-order valence-electron chi connectivity index (χ2n) is 8.88. The van der Waals surface area contributed by atoms with Gasteiger partial charge in [0.1, 0.15) is 18.1 Å². The van der Waals surface area contributed by atoms with Crippen molar-refractivity contribution in [2.24, 2.45) is 0 Å². The first-order valence-corrected chi connectivity index (χ1v) is 12.2.